The van der Waals surface area contributed by atoms with Crippen molar-refractivity contribution in [3.8, 4) is 39.6 Å². The standard InChI is InChI=1S/C20H16N2O4S/c1-2-23-18-7-13(9-21)3-5-16(18)24-10-15-11-27-20(22-15)14-4-6-17-19(8-14)26-12-25-17/h3-8,11H,2,10,12H2,1H3. The topological polar surface area (TPSA) is 73.6 Å². The molecular weight excluding hydrogens is 364 g/mol. The first-order valence-electron chi connectivity index (χ1n) is 8.41. The zero-order valence-corrected chi connectivity index (χ0v) is 15.4. The third-order valence-corrected chi connectivity index (χ3v) is 4.86. The van der Waals surface area contributed by atoms with Gasteiger partial charge < -0.3 is 18.9 Å². The van der Waals surface area contributed by atoms with E-state index in [1.807, 2.05) is 30.5 Å². The Morgan fingerprint density at radius 3 is 2.85 bits per heavy atom. The van der Waals surface area contributed by atoms with Crippen molar-refractivity contribution in [2.24, 2.45) is 0 Å². The number of hydrogen-bond donors (Lipinski definition) is 0. The smallest absolute Gasteiger partial charge is 0.231 e. The summed E-state index contributed by atoms with van der Waals surface area (Å²) in [4.78, 5) is 4.63. The van der Waals surface area contributed by atoms with Gasteiger partial charge in [-0.15, -0.1) is 11.3 Å². The van der Waals surface area contributed by atoms with Crippen LogP contribution in [0.2, 0.25) is 0 Å². The van der Waals surface area contributed by atoms with E-state index in [4.69, 9.17) is 24.2 Å². The fourth-order valence-corrected chi connectivity index (χ4v) is 3.45. The average molecular weight is 380 g/mol. The molecule has 1 aliphatic rings. The zero-order chi connectivity index (χ0) is 18.6. The zero-order valence-electron chi connectivity index (χ0n) is 14.6. The summed E-state index contributed by atoms with van der Waals surface area (Å²) in [7, 11) is 0. The van der Waals surface area contributed by atoms with E-state index >= 15 is 0 Å². The maximum atomic E-state index is 9.03. The van der Waals surface area contributed by atoms with E-state index in [2.05, 4.69) is 11.1 Å². The van der Waals surface area contributed by atoms with E-state index in [0.29, 0.717) is 30.3 Å². The molecule has 0 bridgehead atoms. The number of benzene rings is 2. The molecule has 0 amide bonds. The maximum Gasteiger partial charge on any atom is 0.231 e. The molecule has 0 atom stereocenters. The van der Waals surface area contributed by atoms with Crippen LogP contribution in [0.5, 0.6) is 23.0 Å². The lowest BCUT2D eigenvalue weighted by Crippen LogP contribution is -2.00. The highest BCUT2D eigenvalue weighted by atomic mass is 32.1. The summed E-state index contributed by atoms with van der Waals surface area (Å²) < 4.78 is 22.2. The first kappa shape index (κ1) is 17.2. The molecule has 7 heteroatoms. The number of rotatable bonds is 6. The Balaban J connectivity index is 1.48. The van der Waals surface area contributed by atoms with Gasteiger partial charge in [0, 0.05) is 17.0 Å². The number of fused-ring (bicyclic) bond motifs is 1. The van der Waals surface area contributed by atoms with Gasteiger partial charge in [0.1, 0.15) is 11.6 Å². The predicted octanol–water partition coefficient (Wildman–Crippen LogP) is 4.39. The highest BCUT2D eigenvalue weighted by molar-refractivity contribution is 7.13. The minimum atomic E-state index is 0.252. The van der Waals surface area contributed by atoms with Crippen molar-refractivity contribution in [3.05, 3.63) is 53.0 Å². The van der Waals surface area contributed by atoms with Gasteiger partial charge in [-0.05, 0) is 37.3 Å². The molecule has 136 valence electrons. The van der Waals surface area contributed by atoms with E-state index in [1.54, 1.807) is 29.5 Å². The number of thiazole rings is 1. The number of hydrogen-bond acceptors (Lipinski definition) is 7. The summed E-state index contributed by atoms with van der Waals surface area (Å²) >= 11 is 1.54. The highest BCUT2D eigenvalue weighted by Crippen LogP contribution is 2.37. The molecule has 3 aromatic rings. The van der Waals surface area contributed by atoms with Crippen LogP contribution in [0.1, 0.15) is 18.2 Å². The second-order valence-corrected chi connectivity index (χ2v) is 6.57. The molecule has 4 rings (SSSR count). The first-order valence-corrected chi connectivity index (χ1v) is 9.29. The van der Waals surface area contributed by atoms with E-state index in [1.165, 1.54) is 0 Å². The number of aromatic nitrogens is 1. The minimum absolute atomic E-state index is 0.252. The molecule has 0 saturated heterocycles. The first-order chi connectivity index (χ1) is 13.3. The van der Waals surface area contributed by atoms with E-state index in [-0.39, 0.29) is 6.79 Å². The van der Waals surface area contributed by atoms with Crippen molar-refractivity contribution < 1.29 is 18.9 Å². The van der Waals surface area contributed by atoms with E-state index in [0.717, 1.165) is 27.8 Å². The Morgan fingerprint density at radius 1 is 1.11 bits per heavy atom. The van der Waals surface area contributed by atoms with Gasteiger partial charge in [-0.2, -0.15) is 5.26 Å². The molecule has 0 aliphatic carbocycles. The monoisotopic (exact) mass is 380 g/mol. The largest absolute Gasteiger partial charge is 0.490 e. The second-order valence-electron chi connectivity index (χ2n) is 5.71. The molecule has 1 aliphatic heterocycles. The van der Waals surface area contributed by atoms with Crippen LogP contribution >= 0.6 is 11.3 Å². The Morgan fingerprint density at radius 2 is 2.00 bits per heavy atom. The van der Waals surface area contributed by atoms with Crippen molar-refractivity contribution in [2.45, 2.75) is 13.5 Å². The van der Waals surface area contributed by atoms with Crippen LogP contribution in [-0.4, -0.2) is 18.4 Å². The van der Waals surface area contributed by atoms with Crippen molar-refractivity contribution in [2.75, 3.05) is 13.4 Å². The van der Waals surface area contributed by atoms with Gasteiger partial charge in [0.2, 0.25) is 6.79 Å². The van der Waals surface area contributed by atoms with Crippen LogP contribution in [0.15, 0.2) is 41.8 Å². The van der Waals surface area contributed by atoms with E-state index < -0.39 is 0 Å². The van der Waals surface area contributed by atoms with Gasteiger partial charge in [-0.3, -0.25) is 0 Å². The lowest BCUT2D eigenvalue weighted by Gasteiger charge is -2.11. The Hall–Kier alpha value is -3.24. The molecule has 2 aromatic carbocycles. The normalized spacial score (nSPS) is 11.9. The summed E-state index contributed by atoms with van der Waals surface area (Å²) in [5.74, 6) is 2.64. The molecule has 6 nitrogen and oxygen atoms in total. The SMILES string of the molecule is CCOc1cc(C#N)ccc1OCc1csc(-c2ccc3c(c2)OCO3)n1. The molecule has 0 unspecified atom stereocenters. The van der Waals surface area contributed by atoms with Gasteiger partial charge in [-0.25, -0.2) is 4.98 Å². The van der Waals surface area contributed by atoms with Crippen LogP contribution in [0.3, 0.4) is 0 Å². The third kappa shape index (κ3) is 3.66. The number of nitriles is 1. The predicted molar refractivity (Wildman–Crippen MR) is 100 cm³/mol. The molecule has 0 saturated carbocycles. The molecular formula is C20H16N2O4S. The van der Waals surface area contributed by atoms with Crippen molar-refractivity contribution in [1.82, 2.24) is 4.98 Å². The van der Waals surface area contributed by atoms with Crippen LogP contribution in [0.4, 0.5) is 0 Å². The molecule has 1 aromatic heterocycles. The maximum absolute atomic E-state index is 9.03. The van der Waals surface area contributed by atoms with Crippen molar-refractivity contribution in [3.63, 3.8) is 0 Å². The van der Waals surface area contributed by atoms with Crippen LogP contribution in [0, 0.1) is 11.3 Å². The van der Waals surface area contributed by atoms with Crippen molar-refractivity contribution in [1.29, 1.82) is 5.26 Å². The fourth-order valence-electron chi connectivity index (χ4n) is 2.65. The Kier molecular flexibility index (Phi) is 4.81. The number of ether oxygens (including phenoxy) is 4. The summed E-state index contributed by atoms with van der Waals surface area (Å²) in [6.45, 7) is 2.95. The fraction of sp³-hybridized carbons (Fsp3) is 0.200. The van der Waals surface area contributed by atoms with Crippen LogP contribution in [-0.2, 0) is 6.61 Å². The van der Waals surface area contributed by atoms with Gasteiger partial charge in [0.15, 0.2) is 23.0 Å². The quantitative estimate of drug-likeness (QED) is 0.631. The molecule has 0 spiro atoms. The van der Waals surface area contributed by atoms with Gasteiger partial charge in [0.25, 0.3) is 0 Å². The van der Waals surface area contributed by atoms with Gasteiger partial charge in [0.05, 0.1) is 23.9 Å². The number of nitrogens with zero attached hydrogens (tertiary/aromatic N) is 2. The summed E-state index contributed by atoms with van der Waals surface area (Å²) in [5.41, 5.74) is 2.33. The minimum Gasteiger partial charge on any atom is -0.490 e. The van der Waals surface area contributed by atoms with Crippen molar-refractivity contribution >= 4 is 11.3 Å². The van der Waals surface area contributed by atoms with Crippen LogP contribution in [0.25, 0.3) is 10.6 Å². The summed E-state index contributed by atoms with van der Waals surface area (Å²) in [6.07, 6.45) is 0. The van der Waals surface area contributed by atoms with Gasteiger partial charge in [-0.1, -0.05) is 0 Å². The highest BCUT2D eigenvalue weighted by Gasteiger charge is 2.15. The third-order valence-electron chi connectivity index (χ3n) is 3.92. The molecule has 0 fully saturated rings. The summed E-state index contributed by atoms with van der Waals surface area (Å²) in [6, 6.07) is 13.0. The lowest BCUT2D eigenvalue weighted by molar-refractivity contribution is 0.174. The molecule has 0 radical (unpaired) electrons. The summed E-state index contributed by atoms with van der Waals surface area (Å²) in [5, 5.41) is 11.9. The van der Waals surface area contributed by atoms with Crippen LogP contribution < -0.4 is 18.9 Å². The second kappa shape index (κ2) is 7.56. The average Bonchev–Trinajstić information content (AvgIpc) is 3.35. The van der Waals surface area contributed by atoms with E-state index in [9.17, 15) is 0 Å². The Bertz CT molecular complexity index is 1010. The Labute approximate surface area is 160 Å². The lowest BCUT2D eigenvalue weighted by atomic mass is 10.2. The molecule has 2 heterocycles. The molecule has 0 N–H and O–H groups in total. The molecule has 27 heavy (non-hydrogen) atoms. The van der Waals surface area contributed by atoms with Gasteiger partial charge >= 0.3 is 0 Å².